The van der Waals surface area contributed by atoms with Gasteiger partial charge in [-0.1, -0.05) is 18.2 Å². The van der Waals surface area contributed by atoms with Crippen LogP contribution in [0.1, 0.15) is 61.5 Å². The number of carbonyl (C=O) groups excluding carboxylic acids is 3. The molecule has 0 bridgehead atoms. The fourth-order valence-corrected chi connectivity index (χ4v) is 5.79. The number of amides is 2. The average Bonchev–Trinajstić information content (AvgIpc) is 3.40. The molecule has 1 fully saturated rings. The Balaban J connectivity index is 1.43. The summed E-state index contributed by atoms with van der Waals surface area (Å²) in [7, 11) is 0. The SMILES string of the molecule is CC(=O)N1/C(=C\c2nc3ccc(CN(C(=O)OC(C)(C)C)C4CCOCC4)cc3s2)C(=O)c2ccccc21. The third-order valence-corrected chi connectivity index (χ3v) is 7.49. The van der Waals surface area contributed by atoms with Crippen LogP contribution in [0.25, 0.3) is 16.3 Å². The predicted octanol–water partition coefficient (Wildman–Crippen LogP) is 5.80. The molecule has 1 aromatic heterocycles. The lowest BCUT2D eigenvalue weighted by Crippen LogP contribution is -2.45. The second kappa shape index (κ2) is 10.3. The molecule has 198 valence electrons. The summed E-state index contributed by atoms with van der Waals surface area (Å²) in [5.74, 6) is -0.423. The number of rotatable bonds is 4. The van der Waals surface area contributed by atoms with Gasteiger partial charge in [0.2, 0.25) is 11.7 Å². The zero-order valence-electron chi connectivity index (χ0n) is 22.0. The lowest BCUT2D eigenvalue weighted by Gasteiger charge is -2.35. The first kappa shape index (κ1) is 26.1. The van der Waals surface area contributed by atoms with Gasteiger partial charge in [-0.2, -0.15) is 0 Å². The number of thiazole rings is 1. The van der Waals surface area contributed by atoms with E-state index in [1.165, 1.54) is 23.2 Å². The molecule has 2 aliphatic heterocycles. The molecular weight excluding hydrogens is 502 g/mol. The number of ether oxygens (including phenoxy) is 2. The van der Waals surface area contributed by atoms with E-state index in [2.05, 4.69) is 0 Å². The third kappa shape index (κ3) is 5.35. The number of allylic oxidation sites excluding steroid dienone is 1. The Labute approximate surface area is 225 Å². The van der Waals surface area contributed by atoms with E-state index >= 15 is 0 Å². The molecule has 0 saturated carbocycles. The van der Waals surface area contributed by atoms with Crippen LogP contribution in [-0.4, -0.2) is 52.5 Å². The van der Waals surface area contributed by atoms with Crippen molar-refractivity contribution >= 4 is 51.1 Å². The van der Waals surface area contributed by atoms with Crippen molar-refractivity contribution in [2.45, 2.75) is 58.7 Å². The van der Waals surface area contributed by atoms with Crippen LogP contribution in [0.3, 0.4) is 0 Å². The number of Topliss-reactive ketones (excluding diaryl/α,β-unsaturated/α-hetero) is 1. The van der Waals surface area contributed by atoms with Gasteiger partial charge < -0.3 is 14.4 Å². The van der Waals surface area contributed by atoms with E-state index in [9.17, 15) is 14.4 Å². The van der Waals surface area contributed by atoms with Crippen molar-refractivity contribution in [2.24, 2.45) is 0 Å². The first-order valence-corrected chi connectivity index (χ1v) is 13.6. The molecule has 0 radical (unpaired) electrons. The normalized spacial score (nSPS) is 17.2. The maximum Gasteiger partial charge on any atom is 0.410 e. The van der Waals surface area contributed by atoms with E-state index in [-0.39, 0.29) is 23.8 Å². The highest BCUT2D eigenvalue weighted by molar-refractivity contribution is 7.19. The molecule has 0 aliphatic carbocycles. The quantitative estimate of drug-likeness (QED) is 0.394. The minimum atomic E-state index is -0.588. The largest absolute Gasteiger partial charge is 0.444 e. The molecule has 0 atom stereocenters. The van der Waals surface area contributed by atoms with Crippen molar-refractivity contribution in [3.8, 4) is 0 Å². The molecule has 3 aromatic rings. The number of aromatic nitrogens is 1. The number of hydrogen-bond acceptors (Lipinski definition) is 7. The highest BCUT2D eigenvalue weighted by atomic mass is 32.1. The van der Waals surface area contributed by atoms with Gasteiger partial charge in [0.25, 0.3) is 0 Å². The smallest absolute Gasteiger partial charge is 0.410 e. The van der Waals surface area contributed by atoms with Crippen LogP contribution in [0.4, 0.5) is 10.5 Å². The molecule has 3 heterocycles. The number of nitrogens with zero attached hydrogens (tertiary/aromatic N) is 3. The summed E-state index contributed by atoms with van der Waals surface area (Å²) in [6, 6.07) is 13.1. The third-order valence-electron chi connectivity index (χ3n) is 6.52. The number of fused-ring (bicyclic) bond motifs is 2. The van der Waals surface area contributed by atoms with Gasteiger partial charge in [-0.3, -0.25) is 14.5 Å². The number of hydrogen-bond donors (Lipinski definition) is 0. The lowest BCUT2D eigenvalue weighted by atomic mass is 10.1. The van der Waals surface area contributed by atoms with Crippen LogP contribution < -0.4 is 4.90 Å². The van der Waals surface area contributed by atoms with Crippen LogP contribution >= 0.6 is 11.3 Å². The van der Waals surface area contributed by atoms with E-state index in [0.717, 1.165) is 28.6 Å². The maximum absolute atomic E-state index is 13.1. The summed E-state index contributed by atoms with van der Waals surface area (Å²) < 4.78 is 12.2. The van der Waals surface area contributed by atoms with E-state index < -0.39 is 5.60 Å². The predicted molar refractivity (Wildman–Crippen MR) is 147 cm³/mol. The van der Waals surface area contributed by atoms with Gasteiger partial charge in [-0.15, -0.1) is 11.3 Å². The molecule has 2 aromatic carbocycles. The van der Waals surface area contributed by atoms with Crippen molar-refractivity contribution < 1.29 is 23.9 Å². The van der Waals surface area contributed by atoms with Crippen LogP contribution in [0.15, 0.2) is 48.2 Å². The summed E-state index contributed by atoms with van der Waals surface area (Å²) in [5.41, 5.74) is 2.57. The van der Waals surface area contributed by atoms with Crippen molar-refractivity contribution in [1.29, 1.82) is 0 Å². The Morgan fingerprint density at radius 1 is 1.18 bits per heavy atom. The summed E-state index contributed by atoms with van der Waals surface area (Å²) >= 11 is 1.44. The van der Waals surface area contributed by atoms with Crippen molar-refractivity contribution in [3.05, 3.63) is 64.3 Å². The molecule has 0 N–H and O–H groups in total. The lowest BCUT2D eigenvalue weighted by molar-refractivity contribution is -0.116. The fraction of sp³-hybridized carbons (Fsp3) is 0.379. The zero-order chi connectivity index (χ0) is 27.0. The summed E-state index contributed by atoms with van der Waals surface area (Å²) in [6.07, 6.45) is 2.89. The Kier molecular flexibility index (Phi) is 7.07. The molecule has 0 spiro atoms. The molecular formula is C29H31N3O5S. The molecule has 2 amide bonds. The van der Waals surface area contributed by atoms with E-state index in [1.807, 2.05) is 45.0 Å². The van der Waals surface area contributed by atoms with Crippen LogP contribution in [-0.2, 0) is 20.8 Å². The van der Waals surface area contributed by atoms with Crippen LogP contribution in [0.5, 0.6) is 0 Å². The Morgan fingerprint density at radius 3 is 2.63 bits per heavy atom. The van der Waals surface area contributed by atoms with E-state index in [1.54, 1.807) is 29.2 Å². The highest BCUT2D eigenvalue weighted by Gasteiger charge is 2.35. The highest BCUT2D eigenvalue weighted by Crippen LogP contribution is 2.36. The molecule has 1 saturated heterocycles. The van der Waals surface area contributed by atoms with E-state index in [0.29, 0.717) is 41.7 Å². The first-order chi connectivity index (χ1) is 18.1. The Hall–Kier alpha value is -3.56. The van der Waals surface area contributed by atoms with Gasteiger partial charge in [-0.05, 0) is 63.4 Å². The molecule has 5 rings (SSSR count). The maximum atomic E-state index is 13.1. The second-order valence-corrected chi connectivity index (χ2v) is 11.6. The number of para-hydroxylation sites is 1. The average molecular weight is 534 g/mol. The molecule has 9 heteroatoms. The number of anilines is 1. The standard InChI is InChI=1S/C29H31N3O5S/c1-18(33)32-23-8-6-5-7-21(23)27(34)24(32)16-26-30-22-10-9-19(15-25(22)38-26)17-31(20-11-13-36-14-12-20)28(35)37-29(2,3)4/h5-10,15-16,20H,11-14,17H2,1-4H3/b24-16-. The Morgan fingerprint density at radius 2 is 1.92 bits per heavy atom. The van der Waals surface area contributed by atoms with Crippen molar-refractivity contribution in [3.63, 3.8) is 0 Å². The van der Waals surface area contributed by atoms with E-state index in [4.69, 9.17) is 14.5 Å². The summed E-state index contributed by atoms with van der Waals surface area (Å²) in [6.45, 7) is 8.71. The number of carbonyl (C=O) groups is 3. The fourth-order valence-electron chi connectivity index (χ4n) is 4.82. The molecule has 8 nitrogen and oxygen atoms in total. The summed E-state index contributed by atoms with van der Waals surface area (Å²) in [4.78, 5) is 46.5. The minimum absolute atomic E-state index is 0.0450. The number of benzene rings is 2. The van der Waals surface area contributed by atoms with Crippen molar-refractivity contribution in [2.75, 3.05) is 18.1 Å². The van der Waals surface area contributed by atoms with Gasteiger partial charge in [0, 0.05) is 44.4 Å². The molecule has 0 unspecified atom stereocenters. The second-order valence-electron chi connectivity index (χ2n) is 10.5. The Bertz CT molecular complexity index is 1430. The van der Waals surface area contributed by atoms with Crippen LogP contribution in [0.2, 0.25) is 0 Å². The van der Waals surface area contributed by atoms with Gasteiger partial charge in [0.05, 0.1) is 21.6 Å². The van der Waals surface area contributed by atoms with Gasteiger partial charge in [-0.25, -0.2) is 9.78 Å². The zero-order valence-corrected chi connectivity index (χ0v) is 22.8. The molecule has 2 aliphatic rings. The van der Waals surface area contributed by atoms with Gasteiger partial charge in [0.15, 0.2) is 0 Å². The topological polar surface area (TPSA) is 89.0 Å². The molecule has 38 heavy (non-hydrogen) atoms. The minimum Gasteiger partial charge on any atom is -0.444 e. The van der Waals surface area contributed by atoms with Gasteiger partial charge >= 0.3 is 6.09 Å². The van der Waals surface area contributed by atoms with Crippen LogP contribution in [0, 0.1) is 0 Å². The van der Waals surface area contributed by atoms with Crippen molar-refractivity contribution in [1.82, 2.24) is 9.88 Å². The summed E-state index contributed by atoms with van der Waals surface area (Å²) in [5, 5.41) is 0.632. The van der Waals surface area contributed by atoms with Gasteiger partial charge in [0.1, 0.15) is 10.6 Å². The number of ketones is 1. The monoisotopic (exact) mass is 533 g/mol. The first-order valence-electron chi connectivity index (χ1n) is 12.7.